The molecule has 1 fully saturated rings. The number of carbonyl (C=O) groups excluding carboxylic acids is 4. The Hall–Kier alpha value is -3.03. The number of ether oxygens (including phenoxy) is 1. The number of hydrogen-bond donors (Lipinski definition) is 3. The van der Waals surface area contributed by atoms with Gasteiger partial charge in [0.25, 0.3) is 0 Å². The molecule has 0 spiro atoms. The summed E-state index contributed by atoms with van der Waals surface area (Å²) in [5, 5.41) is 4.04. The lowest BCUT2D eigenvalue weighted by Crippen LogP contribution is -2.59. The third-order valence-electron chi connectivity index (χ3n) is 11.0. The van der Waals surface area contributed by atoms with Crippen LogP contribution in [-0.4, -0.2) is 110 Å². The van der Waals surface area contributed by atoms with Crippen LogP contribution in [0.2, 0.25) is 0 Å². The SMILES string of the molecule is CCC(C)C(C(CC(=O)N1CCCC1C(C(CCc1ccccc1)C(N)=O)S(=O)(=O)C(C)C)OC)N(C)C(=O)C(NC(=O)C(NC)C(C)C)C(C)C. The predicted octanol–water partition coefficient (Wildman–Crippen LogP) is 3.57. The molecule has 1 aromatic rings. The van der Waals surface area contributed by atoms with Crippen molar-refractivity contribution in [2.75, 3.05) is 27.7 Å². The van der Waals surface area contributed by atoms with Gasteiger partial charge in [-0.1, -0.05) is 78.3 Å². The molecule has 0 bridgehead atoms. The van der Waals surface area contributed by atoms with Crippen molar-refractivity contribution in [1.82, 2.24) is 20.4 Å². The number of amides is 4. The number of likely N-dealkylation sites (tertiary alicyclic amines) is 1. The molecule has 0 saturated carbocycles. The fraction of sp³-hybridized carbons (Fsp3) is 0.744. The van der Waals surface area contributed by atoms with Crippen LogP contribution in [-0.2, 0) is 40.2 Å². The van der Waals surface area contributed by atoms with Gasteiger partial charge < -0.3 is 30.9 Å². The Labute approximate surface area is 313 Å². The quantitative estimate of drug-likeness (QED) is 0.172. The zero-order valence-corrected chi connectivity index (χ0v) is 34.2. The third kappa shape index (κ3) is 11.2. The van der Waals surface area contributed by atoms with Crippen LogP contribution in [0, 0.1) is 23.7 Å². The zero-order valence-electron chi connectivity index (χ0n) is 33.4. The highest BCUT2D eigenvalue weighted by Gasteiger charge is 2.49. The van der Waals surface area contributed by atoms with Gasteiger partial charge in [0, 0.05) is 26.7 Å². The maximum Gasteiger partial charge on any atom is 0.245 e. The van der Waals surface area contributed by atoms with Gasteiger partial charge in [0.1, 0.15) is 6.04 Å². The molecule has 0 aliphatic carbocycles. The molecule has 1 aliphatic heterocycles. The van der Waals surface area contributed by atoms with Gasteiger partial charge in [-0.15, -0.1) is 0 Å². The van der Waals surface area contributed by atoms with Crippen molar-refractivity contribution in [3.8, 4) is 0 Å². The van der Waals surface area contributed by atoms with Crippen LogP contribution in [0.5, 0.6) is 0 Å². The number of methoxy groups -OCH3 is 1. The summed E-state index contributed by atoms with van der Waals surface area (Å²) in [7, 11) is 1.02. The van der Waals surface area contributed by atoms with E-state index in [2.05, 4.69) is 10.6 Å². The van der Waals surface area contributed by atoms with Crippen molar-refractivity contribution in [3.05, 3.63) is 35.9 Å². The minimum Gasteiger partial charge on any atom is -0.379 e. The molecule has 0 radical (unpaired) electrons. The van der Waals surface area contributed by atoms with Crippen LogP contribution < -0.4 is 16.4 Å². The van der Waals surface area contributed by atoms with Gasteiger partial charge in [-0.05, 0) is 69.9 Å². The second kappa shape index (κ2) is 20.4. The number of carbonyl (C=O) groups is 4. The van der Waals surface area contributed by atoms with Crippen LogP contribution in [0.25, 0.3) is 0 Å². The second-order valence-corrected chi connectivity index (χ2v) is 18.1. The summed E-state index contributed by atoms with van der Waals surface area (Å²) in [6, 6.07) is 6.98. The first-order valence-electron chi connectivity index (χ1n) is 19.0. The highest BCUT2D eigenvalue weighted by Crippen LogP contribution is 2.34. The molecular weight excluding hydrogens is 683 g/mol. The Morgan fingerprint density at radius 2 is 1.60 bits per heavy atom. The summed E-state index contributed by atoms with van der Waals surface area (Å²) in [4.78, 5) is 58.0. The average molecular weight is 750 g/mol. The number of aryl methyl sites for hydroxylation is 1. The van der Waals surface area contributed by atoms with E-state index in [9.17, 15) is 27.6 Å². The Kier molecular flexibility index (Phi) is 17.7. The number of likely N-dealkylation sites (N-methyl/N-ethyl adjacent to an activating group) is 2. The molecule has 12 nitrogen and oxygen atoms in total. The molecule has 1 saturated heterocycles. The average Bonchev–Trinajstić information content (AvgIpc) is 3.57. The molecule has 8 unspecified atom stereocenters. The molecule has 296 valence electrons. The smallest absolute Gasteiger partial charge is 0.245 e. The van der Waals surface area contributed by atoms with Crippen molar-refractivity contribution in [2.45, 2.75) is 135 Å². The van der Waals surface area contributed by atoms with E-state index < -0.39 is 62.4 Å². The van der Waals surface area contributed by atoms with E-state index in [0.717, 1.165) is 5.56 Å². The minimum atomic E-state index is -3.89. The first-order valence-corrected chi connectivity index (χ1v) is 20.6. The predicted molar refractivity (Wildman–Crippen MR) is 206 cm³/mol. The fourth-order valence-corrected chi connectivity index (χ4v) is 9.75. The van der Waals surface area contributed by atoms with Crippen molar-refractivity contribution in [3.63, 3.8) is 0 Å². The molecule has 4 amide bonds. The van der Waals surface area contributed by atoms with Crippen LogP contribution in [0.3, 0.4) is 0 Å². The standard InChI is InChI=1S/C39H67N5O7S/c1-12-27(8)35(43(10)39(48)34(25(4)5)42-38(47)33(41-9)24(2)3)31(51-11)23-32(45)44-22-16-19-30(44)36(52(49,50)26(6)7)29(37(40)46)21-20-28-17-14-13-15-18-28/h13-15,17-18,24-27,29-31,33-36,41H,12,16,19-23H2,1-11H3,(H2,40,46)(H,42,47). The largest absolute Gasteiger partial charge is 0.379 e. The molecule has 8 atom stereocenters. The molecule has 1 aromatic carbocycles. The highest BCUT2D eigenvalue weighted by molar-refractivity contribution is 7.92. The van der Waals surface area contributed by atoms with Gasteiger partial charge in [-0.25, -0.2) is 8.42 Å². The number of nitrogens with two attached hydrogens (primary N) is 1. The van der Waals surface area contributed by atoms with Crippen LogP contribution in [0.4, 0.5) is 0 Å². The van der Waals surface area contributed by atoms with E-state index in [0.29, 0.717) is 32.2 Å². The van der Waals surface area contributed by atoms with Gasteiger partial charge in [0.15, 0.2) is 9.84 Å². The van der Waals surface area contributed by atoms with E-state index in [1.807, 2.05) is 71.9 Å². The highest BCUT2D eigenvalue weighted by atomic mass is 32.2. The molecule has 52 heavy (non-hydrogen) atoms. The summed E-state index contributed by atoms with van der Waals surface area (Å²) in [6.07, 6.45) is 1.55. The topological polar surface area (TPSA) is 168 Å². The van der Waals surface area contributed by atoms with E-state index >= 15 is 0 Å². The Morgan fingerprint density at radius 1 is 1.00 bits per heavy atom. The molecule has 1 aliphatic rings. The van der Waals surface area contributed by atoms with Gasteiger partial charge in [-0.3, -0.25) is 19.2 Å². The lowest BCUT2D eigenvalue weighted by atomic mass is 9.89. The maximum absolute atomic E-state index is 14.3. The van der Waals surface area contributed by atoms with Crippen LogP contribution in [0.1, 0.15) is 93.1 Å². The lowest BCUT2D eigenvalue weighted by Gasteiger charge is -2.41. The van der Waals surface area contributed by atoms with Crippen molar-refractivity contribution in [1.29, 1.82) is 0 Å². The minimum absolute atomic E-state index is 0.00837. The molecule has 1 heterocycles. The van der Waals surface area contributed by atoms with Gasteiger partial charge in [-0.2, -0.15) is 0 Å². The lowest BCUT2D eigenvalue weighted by molar-refractivity contribution is -0.146. The number of sulfone groups is 1. The number of hydrogen-bond acceptors (Lipinski definition) is 8. The molecule has 4 N–H and O–H groups in total. The summed E-state index contributed by atoms with van der Waals surface area (Å²) in [5.74, 6) is -2.84. The van der Waals surface area contributed by atoms with Gasteiger partial charge in [0.05, 0.1) is 41.0 Å². The van der Waals surface area contributed by atoms with Crippen molar-refractivity contribution >= 4 is 33.5 Å². The summed E-state index contributed by atoms with van der Waals surface area (Å²) < 4.78 is 34.1. The summed E-state index contributed by atoms with van der Waals surface area (Å²) >= 11 is 0. The number of benzene rings is 1. The monoisotopic (exact) mass is 749 g/mol. The maximum atomic E-state index is 14.3. The normalized spacial score (nSPS) is 19.2. The Balaban J connectivity index is 2.45. The van der Waals surface area contributed by atoms with E-state index in [1.54, 1.807) is 37.7 Å². The summed E-state index contributed by atoms with van der Waals surface area (Å²) in [5.41, 5.74) is 6.93. The first kappa shape index (κ1) is 45.1. The van der Waals surface area contributed by atoms with Crippen molar-refractivity contribution in [2.24, 2.45) is 29.4 Å². The van der Waals surface area contributed by atoms with E-state index in [1.165, 1.54) is 7.11 Å². The zero-order chi connectivity index (χ0) is 39.5. The molecule has 2 rings (SSSR count). The number of nitrogens with one attached hydrogen (secondary N) is 2. The number of nitrogens with zero attached hydrogens (tertiary/aromatic N) is 2. The Bertz CT molecular complexity index is 1420. The van der Waals surface area contributed by atoms with Gasteiger partial charge in [0.2, 0.25) is 23.6 Å². The van der Waals surface area contributed by atoms with Crippen LogP contribution >= 0.6 is 0 Å². The Morgan fingerprint density at radius 3 is 2.08 bits per heavy atom. The van der Waals surface area contributed by atoms with Crippen molar-refractivity contribution < 1.29 is 32.3 Å². The number of primary amides is 1. The molecule has 13 heteroatoms. The van der Waals surface area contributed by atoms with Gasteiger partial charge >= 0.3 is 0 Å². The van der Waals surface area contributed by atoms with E-state index in [-0.39, 0.29) is 48.3 Å². The second-order valence-electron chi connectivity index (χ2n) is 15.5. The number of rotatable bonds is 21. The van der Waals surface area contributed by atoms with Crippen LogP contribution in [0.15, 0.2) is 30.3 Å². The first-order chi connectivity index (χ1) is 24.3. The third-order valence-corrected chi connectivity index (χ3v) is 13.7. The fourth-order valence-electron chi connectivity index (χ4n) is 7.67. The summed E-state index contributed by atoms with van der Waals surface area (Å²) in [6.45, 7) is 15.2. The van der Waals surface area contributed by atoms with E-state index in [4.69, 9.17) is 10.5 Å². The molecule has 0 aromatic heterocycles. The molecular formula is C39H67N5O7S.